The average Bonchev–Trinajstić information content (AvgIpc) is 2.91. The third-order valence-electron chi connectivity index (χ3n) is 7.96. The van der Waals surface area contributed by atoms with E-state index in [1.807, 2.05) is 12.1 Å². The fraction of sp³-hybridized carbons (Fsp3) is 0.265. The summed E-state index contributed by atoms with van der Waals surface area (Å²) in [5.74, 6) is 0.772. The van der Waals surface area contributed by atoms with Crippen molar-refractivity contribution in [2.75, 3.05) is 7.11 Å². The topological polar surface area (TPSA) is 55.8 Å². The number of ether oxygens (including phenoxy) is 2. The Morgan fingerprint density at radius 2 is 1.32 bits per heavy atom. The van der Waals surface area contributed by atoms with Crippen LogP contribution in [0.3, 0.4) is 0 Å². The Morgan fingerprint density at radius 3 is 2.00 bits per heavy atom. The monoisotopic (exact) mass is 506 g/mol. The van der Waals surface area contributed by atoms with Crippen molar-refractivity contribution < 1.29 is 19.4 Å². The van der Waals surface area contributed by atoms with Gasteiger partial charge in [0.15, 0.2) is 0 Å². The third kappa shape index (κ3) is 4.79. The van der Waals surface area contributed by atoms with E-state index in [-0.39, 0.29) is 16.6 Å². The minimum atomic E-state index is -1.35. The highest BCUT2D eigenvalue weighted by molar-refractivity contribution is 5.88. The Kier molecular flexibility index (Phi) is 6.52. The van der Waals surface area contributed by atoms with Crippen molar-refractivity contribution in [1.82, 2.24) is 0 Å². The van der Waals surface area contributed by atoms with Gasteiger partial charge < -0.3 is 14.6 Å². The summed E-state index contributed by atoms with van der Waals surface area (Å²) in [6, 6.07) is 29.0. The molecule has 0 aliphatic heterocycles. The maximum absolute atomic E-state index is 11.0. The van der Waals surface area contributed by atoms with Crippen molar-refractivity contribution in [3.8, 4) is 44.9 Å². The second-order valence-electron chi connectivity index (χ2n) is 11.4. The van der Waals surface area contributed by atoms with E-state index in [0.29, 0.717) is 5.75 Å². The molecule has 4 aromatic carbocycles. The molecule has 4 aromatic rings. The molecule has 1 aliphatic rings. The van der Waals surface area contributed by atoms with Crippen LogP contribution in [0.15, 0.2) is 84.9 Å². The van der Waals surface area contributed by atoms with Gasteiger partial charge in [0.2, 0.25) is 0 Å². The maximum atomic E-state index is 11.0. The molecule has 38 heavy (non-hydrogen) atoms. The number of hydrogen-bond donors (Lipinski definition) is 1. The van der Waals surface area contributed by atoms with E-state index in [0.717, 1.165) is 34.2 Å². The molecule has 0 saturated heterocycles. The molecular formula is C34H34O4. The number of fused-ring (bicyclic) bond motifs is 1. The van der Waals surface area contributed by atoms with Gasteiger partial charge in [-0.25, -0.2) is 4.79 Å². The van der Waals surface area contributed by atoms with Gasteiger partial charge in [0.25, 0.3) is 0 Å². The summed E-state index contributed by atoms with van der Waals surface area (Å²) < 4.78 is 10.5. The number of carboxylic acid groups (broad SMARTS) is 1. The largest absolute Gasteiger partial charge is 0.511 e. The lowest BCUT2D eigenvalue weighted by Gasteiger charge is -2.42. The minimum absolute atomic E-state index is 0.106. The molecule has 0 atom stereocenters. The summed E-state index contributed by atoms with van der Waals surface area (Å²) in [6.07, 6.45) is 0.982. The molecule has 0 heterocycles. The van der Waals surface area contributed by atoms with Crippen molar-refractivity contribution in [3.63, 3.8) is 0 Å². The SMILES string of the molecule is COc1cc(OC(=O)O)ccc1-c1ccc(-c2ccccc2)c(-c2ccc3c(c2)C(C)(C)CCC3(C)C)c1. The van der Waals surface area contributed by atoms with Crippen LogP contribution in [-0.4, -0.2) is 18.4 Å². The normalized spacial score (nSPS) is 15.4. The highest BCUT2D eigenvalue weighted by Crippen LogP contribution is 2.48. The van der Waals surface area contributed by atoms with Gasteiger partial charge in [-0.3, -0.25) is 0 Å². The fourth-order valence-electron chi connectivity index (χ4n) is 5.65. The van der Waals surface area contributed by atoms with Crippen LogP contribution in [0.25, 0.3) is 33.4 Å². The van der Waals surface area contributed by atoms with Crippen LogP contribution in [0.4, 0.5) is 4.79 Å². The molecule has 0 radical (unpaired) electrons. The second-order valence-corrected chi connectivity index (χ2v) is 11.4. The third-order valence-corrected chi connectivity index (χ3v) is 7.96. The molecule has 194 valence electrons. The zero-order valence-electron chi connectivity index (χ0n) is 22.7. The standard InChI is InChI=1S/C34H34O4/c1-33(2)17-18-34(3,4)30-20-24(12-16-29(30)33)28-19-23(11-14-26(28)22-9-7-6-8-10-22)27-15-13-25(38-32(35)36)21-31(27)37-5/h6-16,19-21H,17-18H2,1-5H3,(H,35,36). The molecule has 0 saturated carbocycles. The molecule has 1 N–H and O–H groups in total. The lowest BCUT2D eigenvalue weighted by Crippen LogP contribution is -2.33. The van der Waals surface area contributed by atoms with Gasteiger partial charge in [-0.1, -0.05) is 88.4 Å². The number of rotatable bonds is 5. The number of methoxy groups -OCH3 is 1. The van der Waals surface area contributed by atoms with Crippen LogP contribution < -0.4 is 9.47 Å². The van der Waals surface area contributed by atoms with Crippen LogP contribution in [0.5, 0.6) is 11.5 Å². The van der Waals surface area contributed by atoms with Crippen molar-refractivity contribution in [2.24, 2.45) is 0 Å². The van der Waals surface area contributed by atoms with Gasteiger partial charge in [-0.2, -0.15) is 0 Å². The second kappa shape index (κ2) is 9.68. The molecule has 5 rings (SSSR count). The van der Waals surface area contributed by atoms with E-state index in [9.17, 15) is 4.79 Å². The van der Waals surface area contributed by atoms with Crippen LogP contribution in [0, 0.1) is 0 Å². The maximum Gasteiger partial charge on any atom is 0.511 e. The van der Waals surface area contributed by atoms with Crippen LogP contribution in [0.2, 0.25) is 0 Å². The first-order chi connectivity index (χ1) is 18.1. The predicted molar refractivity (Wildman–Crippen MR) is 153 cm³/mol. The Labute approximate surface area is 224 Å². The van der Waals surface area contributed by atoms with Crippen molar-refractivity contribution in [3.05, 3.63) is 96.1 Å². The minimum Gasteiger partial charge on any atom is -0.496 e. The number of benzene rings is 4. The summed E-state index contributed by atoms with van der Waals surface area (Å²) in [4.78, 5) is 11.0. The molecule has 0 aromatic heterocycles. The fourth-order valence-corrected chi connectivity index (χ4v) is 5.65. The van der Waals surface area contributed by atoms with Crippen LogP contribution in [0.1, 0.15) is 51.7 Å². The molecule has 4 heteroatoms. The zero-order chi connectivity index (χ0) is 27.1. The summed E-state index contributed by atoms with van der Waals surface area (Å²) in [5, 5.41) is 9.01. The Balaban J connectivity index is 1.70. The Bertz CT molecular complexity index is 1500. The molecular weight excluding hydrogens is 472 g/mol. The van der Waals surface area contributed by atoms with Gasteiger partial charge in [0.1, 0.15) is 11.5 Å². The summed E-state index contributed by atoms with van der Waals surface area (Å²) >= 11 is 0. The summed E-state index contributed by atoms with van der Waals surface area (Å²) in [7, 11) is 1.58. The molecule has 1 aliphatic carbocycles. The van der Waals surface area contributed by atoms with E-state index in [4.69, 9.17) is 14.6 Å². The lowest BCUT2D eigenvalue weighted by atomic mass is 9.63. The van der Waals surface area contributed by atoms with E-state index >= 15 is 0 Å². The first kappa shape index (κ1) is 25.6. The molecule has 0 amide bonds. The smallest absolute Gasteiger partial charge is 0.496 e. The molecule has 0 fully saturated rings. The predicted octanol–water partition coefficient (Wildman–Crippen LogP) is 9.10. The highest BCUT2D eigenvalue weighted by Gasteiger charge is 2.37. The van der Waals surface area contributed by atoms with Gasteiger partial charge in [0.05, 0.1) is 7.11 Å². The average molecular weight is 507 g/mol. The lowest BCUT2D eigenvalue weighted by molar-refractivity contribution is 0.144. The van der Waals surface area contributed by atoms with Gasteiger partial charge in [-0.15, -0.1) is 0 Å². The first-order valence-electron chi connectivity index (χ1n) is 13.0. The van der Waals surface area contributed by atoms with E-state index in [2.05, 4.69) is 88.4 Å². The quantitative estimate of drug-likeness (QED) is 0.217. The number of carbonyl (C=O) groups is 1. The molecule has 4 nitrogen and oxygen atoms in total. The van der Waals surface area contributed by atoms with Crippen LogP contribution in [-0.2, 0) is 10.8 Å². The van der Waals surface area contributed by atoms with E-state index in [1.54, 1.807) is 19.2 Å². The van der Waals surface area contributed by atoms with E-state index < -0.39 is 6.16 Å². The van der Waals surface area contributed by atoms with Crippen molar-refractivity contribution in [1.29, 1.82) is 0 Å². The van der Waals surface area contributed by atoms with Gasteiger partial charge in [-0.05, 0) is 80.8 Å². The Hall–Kier alpha value is -4.05. The number of hydrogen-bond acceptors (Lipinski definition) is 3. The molecule has 0 spiro atoms. The van der Waals surface area contributed by atoms with E-state index in [1.165, 1.54) is 23.1 Å². The Morgan fingerprint density at radius 1 is 0.684 bits per heavy atom. The van der Waals surface area contributed by atoms with Crippen molar-refractivity contribution in [2.45, 2.75) is 51.4 Å². The summed E-state index contributed by atoms with van der Waals surface area (Å²) in [6.45, 7) is 9.40. The van der Waals surface area contributed by atoms with Gasteiger partial charge in [0, 0.05) is 11.6 Å². The van der Waals surface area contributed by atoms with Crippen molar-refractivity contribution >= 4 is 6.16 Å². The molecule has 0 bridgehead atoms. The first-order valence-corrected chi connectivity index (χ1v) is 13.0. The van der Waals surface area contributed by atoms with Gasteiger partial charge >= 0.3 is 6.16 Å². The molecule has 0 unspecified atom stereocenters. The zero-order valence-corrected chi connectivity index (χ0v) is 22.7. The van der Waals surface area contributed by atoms with Crippen LogP contribution >= 0.6 is 0 Å². The highest BCUT2D eigenvalue weighted by atomic mass is 16.7. The summed E-state index contributed by atoms with van der Waals surface area (Å²) in [5.41, 5.74) is 9.60.